The standard InChI is InChI=1S/C13H14BrN3O/c1-2-17-6-5-16-13(17)8-12(18)10-7-9(14)3-4-11(10)15/h3-7H,2,8,15H2,1H3. The van der Waals surface area contributed by atoms with Gasteiger partial charge in [0.2, 0.25) is 0 Å². The molecule has 0 atom stereocenters. The average Bonchev–Trinajstić information content (AvgIpc) is 2.79. The number of nitrogens with zero attached hydrogens (tertiary/aromatic N) is 2. The topological polar surface area (TPSA) is 60.9 Å². The van der Waals surface area contributed by atoms with Gasteiger partial charge >= 0.3 is 0 Å². The molecule has 5 heteroatoms. The molecule has 0 radical (unpaired) electrons. The quantitative estimate of drug-likeness (QED) is 0.698. The second-order valence-electron chi connectivity index (χ2n) is 3.96. The zero-order valence-corrected chi connectivity index (χ0v) is 11.6. The lowest BCUT2D eigenvalue weighted by Crippen LogP contribution is -2.11. The van der Waals surface area contributed by atoms with Crippen molar-refractivity contribution in [2.75, 3.05) is 5.73 Å². The summed E-state index contributed by atoms with van der Waals surface area (Å²) in [7, 11) is 0. The van der Waals surface area contributed by atoms with Gasteiger partial charge in [-0.2, -0.15) is 0 Å². The van der Waals surface area contributed by atoms with Gasteiger partial charge in [-0.3, -0.25) is 4.79 Å². The molecule has 2 N–H and O–H groups in total. The summed E-state index contributed by atoms with van der Waals surface area (Å²) in [6.45, 7) is 2.82. The Bertz CT molecular complexity index is 577. The second kappa shape index (κ2) is 5.35. The normalized spacial score (nSPS) is 10.6. The van der Waals surface area contributed by atoms with Gasteiger partial charge in [0.1, 0.15) is 5.82 Å². The molecule has 94 valence electrons. The number of carbonyl (C=O) groups is 1. The molecule has 0 saturated heterocycles. The number of carbonyl (C=O) groups excluding carboxylic acids is 1. The van der Waals surface area contributed by atoms with Crippen molar-refractivity contribution in [1.82, 2.24) is 9.55 Å². The fourth-order valence-electron chi connectivity index (χ4n) is 1.80. The summed E-state index contributed by atoms with van der Waals surface area (Å²) < 4.78 is 2.80. The minimum absolute atomic E-state index is 0.0188. The monoisotopic (exact) mass is 307 g/mol. The number of aryl methyl sites for hydroxylation is 1. The largest absolute Gasteiger partial charge is 0.398 e. The van der Waals surface area contributed by atoms with E-state index in [4.69, 9.17) is 5.73 Å². The maximum Gasteiger partial charge on any atom is 0.172 e. The van der Waals surface area contributed by atoms with Crippen molar-refractivity contribution >= 4 is 27.4 Å². The molecule has 1 aromatic carbocycles. The van der Waals surface area contributed by atoms with Gasteiger partial charge in [0.05, 0.1) is 6.42 Å². The van der Waals surface area contributed by atoms with E-state index in [0.29, 0.717) is 11.3 Å². The number of halogens is 1. The van der Waals surface area contributed by atoms with Gasteiger partial charge in [-0.05, 0) is 25.1 Å². The third-order valence-corrected chi connectivity index (χ3v) is 3.27. The average molecular weight is 308 g/mol. The molecule has 2 rings (SSSR count). The minimum atomic E-state index is -0.0188. The Morgan fingerprint density at radius 1 is 1.50 bits per heavy atom. The molecule has 4 nitrogen and oxygen atoms in total. The van der Waals surface area contributed by atoms with Crippen molar-refractivity contribution in [2.24, 2.45) is 0 Å². The van der Waals surface area contributed by atoms with Crippen LogP contribution in [0.5, 0.6) is 0 Å². The summed E-state index contributed by atoms with van der Waals surface area (Å²) in [5, 5.41) is 0. The minimum Gasteiger partial charge on any atom is -0.398 e. The summed E-state index contributed by atoms with van der Waals surface area (Å²) >= 11 is 3.34. The van der Waals surface area contributed by atoms with Crippen LogP contribution in [-0.2, 0) is 13.0 Å². The number of nitrogens with two attached hydrogens (primary N) is 1. The Morgan fingerprint density at radius 3 is 3.00 bits per heavy atom. The molecule has 0 aliphatic heterocycles. The summed E-state index contributed by atoms with van der Waals surface area (Å²) in [6, 6.07) is 5.29. The van der Waals surface area contributed by atoms with Crippen LogP contribution in [0.2, 0.25) is 0 Å². The fourth-order valence-corrected chi connectivity index (χ4v) is 2.17. The summed E-state index contributed by atoms with van der Waals surface area (Å²) in [5.74, 6) is 0.747. The third-order valence-electron chi connectivity index (χ3n) is 2.78. The van der Waals surface area contributed by atoms with Crippen molar-refractivity contribution in [3.05, 3.63) is 46.5 Å². The zero-order valence-electron chi connectivity index (χ0n) is 10.1. The molecule has 0 fully saturated rings. The van der Waals surface area contributed by atoms with E-state index in [2.05, 4.69) is 20.9 Å². The van der Waals surface area contributed by atoms with E-state index in [0.717, 1.165) is 16.8 Å². The first-order chi connectivity index (χ1) is 8.61. The number of aromatic nitrogens is 2. The van der Waals surface area contributed by atoms with Crippen molar-refractivity contribution in [1.29, 1.82) is 0 Å². The number of ketones is 1. The highest BCUT2D eigenvalue weighted by atomic mass is 79.9. The van der Waals surface area contributed by atoms with Gasteiger partial charge in [0.25, 0.3) is 0 Å². The van der Waals surface area contributed by atoms with E-state index >= 15 is 0 Å². The van der Waals surface area contributed by atoms with Crippen LogP contribution >= 0.6 is 15.9 Å². The number of Topliss-reactive ketones (excluding diaryl/α,β-unsaturated/α-hetero) is 1. The summed E-state index contributed by atoms with van der Waals surface area (Å²) in [4.78, 5) is 16.4. The third kappa shape index (κ3) is 2.61. The van der Waals surface area contributed by atoms with Crippen LogP contribution in [0, 0.1) is 0 Å². The molecular weight excluding hydrogens is 294 g/mol. The predicted molar refractivity (Wildman–Crippen MR) is 74.5 cm³/mol. The van der Waals surface area contributed by atoms with Crippen LogP contribution in [-0.4, -0.2) is 15.3 Å². The first-order valence-electron chi connectivity index (χ1n) is 5.70. The van der Waals surface area contributed by atoms with Crippen molar-refractivity contribution in [3.8, 4) is 0 Å². The van der Waals surface area contributed by atoms with E-state index in [-0.39, 0.29) is 12.2 Å². The second-order valence-corrected chi connectivity index (χ2v) is 4.88. The first-order valence-corrected chi connectivity index (χ1v) is 6.49. The van der Waals surface area contributed by atoms with Crippen molar-refractivity contribution < 1.29 is 4.79 Å². The number of rotatable bonds is 4. The van der Waals surface area contributed by atoms with Gasteiger partial charge in [0.15, 0.2) is 5.78 Å². The lowest BCUT2D eigenvalue weighted by molar-refractivity contribution is 0.0990. The Morgan fingerprint density at radius 2 is 2.28 bits per heavy atom. The maximum atomic E-state index is 12.2. The highest BCUT2D eigenvalue weighted by Gasteiger charge is 2.13. The number of anilines is 1. The van der Waals surface area contributed by atoms with Crippen LogP contribution in [0.25, 0.3) is 0 Å². The molecule has 1 heterocycles. The molecule has 2 aromatic rings. The molecule has 0 bridgehead atoms. The lowest BCUT2D eigenvalue weighted by atomic mass is 10.1. The molecule has 1 aromatic heterocycles. The van der Waals surface area contributed by atoms with Gasteiger partial charge in [-0.25, -0.2) is 4.98 Å². The van der Waals surface area contributed by atoms with E-state index in [9.17, 15) is 4.79 Å². The summed E-state index contributed by atoms with van der Waals surface area (Å²) in [6.07, 6.45) is 3.84. The molecule has 0 aliphatic rings. The van der Waals surface area contributed by atoms with E-state index in [1.54, 1.807) is 18.3 Å². The van der Waals surface area contributed by atoms with E-state index in [1.165, 1.54) is 0 Å². The van der Waals surface area contributed by atoms with E-state index in [1.807, 2.05) is 23.8 Å². The van der Waals surface area contributed by atoms with Crippen LogP contribution < -0.4 is 5.73 Å². The highest BCUT2D eigenvalue weighted by Crippen LogP contribution is 2.20. The van der Waals surface area contributed by atoms with Gasteiger partial charge in [-0.15, -0.1) is 0 Å². The first kappa shape index (κ1) is 12.8. The molecule has 0 unspecified atom stereocenters. The number of nitrogen functional groups attached to an aromatic ring is 1. The van der Waals surface area contributed by atoms with Crippen LogP contribution in [0.15, 0.2) is 35.1 Å². The van der Waals surface area contributed by atoms with Gasteiger partial charge in [0, 0.05) is 34.7 Å². The molecule has 18 heavy (non-hydrogen) atoms. The number of benzene rings is 1. The number of hydrogen-bond acceptors (Lipinski definition) is 3. The van der Waals surface area contributed by atoms with Gasteiger partial charge < -0.3 is 10.3 Å². The smallest absolute Gasteiger partial charge is 0.172 e. The van der Waals surface area contributed by atoms with Crippen LogP contribution in [0.3, 0.4) is 0 Å². The van der Waals surface area contributed by atoms with Gasteiger partial charge in [-0.1, -0.05) is 15.9 Å². The summed E-state index contributed by atoms with van der Waals surface area (Å²) in [5.41, 5.74) is 6.86. The van der Waals surface area contributed by atoms with Crippen molar-refractivity contribution in [3.63, 3.8) is 0 Å². The molecule has 0 spiro atoms. The Balaban J connectivity index is 2.25. The number of hydrogen-bond donors (Lipinski definition) is 1. The number of imidazole rings is 1. The highest BCUT2D eigenvalue weighted by molar-refractivity contribution is 9.10. The predicted octanol–water partition coefficient (Wildman–Crippen LogP) is 2.67. The van der Waals surface area contributed by atoms with Crippen LogP contribution in [0.1, 0.15) is 23.1 Å². The van der Waals surface area contributed by atoms with Crippen molar-refractivity contribution in [2.45, 2.75) is 19.9 Å². The molecule has 0 saturated carbocycles. The molecule has 0 amide bonds. The Hall–Kier alpha value is -1.62. The SMILES string of the molecule is CCn1ccnc1CC(=O)c1cc(Br)ccc1N. The fraction of sp³-hybridized carbons (Fsp3) is 0.231. The Kier molecular flexibility index (Phi) is 3.81. The maximum absolute atomic E-state index is 12.2. The Labute approximate surface area is 114 Å². The molecule has 0 aliphatic carbocycles. The van der Waals surface area contributed by atoms with E-state index < -0.39 is 0 Å². The zero-order chi connectivity index (χ0) is 13.1. The lowest BCUT2D eigenvalue weighted by Gasteiger charge is -2.07. The molecular formula is C13H14BrN3O. The van der Waals surface area contributed by atoms with Crippen LogP contribution in [0.4, 0.5) is 5.69 Å².